The van der Waals surface area contributed by atoms with E-state index in [0.717, 1.165) is 6.04 Å². The van der Waals surface area contributed by atoms with Gasteiger partial charge in [-0.1, -0.05) is 32.6 Å². The van der Waals surface area contributed by atoms with E-state index in [1.54, 1.807) is 0 Å². The van der Waals surface area contributed by atoms with Gasteiger partial charge in [0.25, 0.3) is 0 Å². The van der Waals surface area contributed by atoms with Crippen LogP contribution >= 0.6 is 0 Å². The van der Waals surface area contributed by atoms with Gasteiger partial charge in [-0.3, -0.25) is 4.90 Å². The van der Waals surface area contributed by atoms with Crippen molar-refractivity contribution in [3.05, 3.63) is 0 Å². The minimum absolute atomic E-state index is 0.483. The van der Waals surface area contributed by atoms with Crippen LogP contribution in [-0.4, -0.2) is 36.1 Å². The van der Waals surface area contributed by atoms with Crippen LogP contribution < -0.4 is 5.32 Å². The zero-order chi connectivity index (χ0) is 12.1. The summed E-state index contributed by atoms with van der Waals surface area (Å²) in [6, 6.07) is 0.785. The van der Waals surface area contributed by atoms with Crippen LogP contribution in [0.3, 0.4) is 0 Å². The van der Waals surface area contributed by atoms with Crippen molar-refractivity contribution in [1.29, 1.82) is 0 Å². The van der Waals surface area contributed by atoms with Crippen LogP contribution in [0.15, 0.2) is 0 Å². The van der Waals surface area contributed by atoms with Gasteiger partial charge < -0.3 is 5.32 Å². The van der Waals surface area contributed by atoms with Gasteiger partial charge in [0.15, 0.2) is 0 Å². The van der Waals surface area contributed by atoms with Crippen LogP contribution in [0.1, 0.15) is 65.2 Å². The molecular weight excluding hydrogens is 208 g/mol. The Hall–Kier alpha value is -0.0800. The lowest BCUT2D eigenvalue weighted by molar-refractivity contribution is 0.157. The Balaban J connectivity index is 1.92. The van der Waals surface area contributed by atoms with E-state index in [9.17, 15) is 0 Å². The molecule has 1 saturated heterocycles. The molecule has 2 nitrogen and oxygen atoms in total. The molecule has 1 saturated carbocycles. The highest BCUT2D eigenvalue weighted by molar-refractivity contribution is 4.97. The van der Waals surface area contributed by atoms with Gasteiger partial charge in [0, 0.05) is 18.1 Å². The topological polar surface area (TPSA) is 15.3 Å². The van der Waals surface area contributed by atoms with Gasteiger partial charge in [-0.2, -0.15) is 0 Å². The predicted molar refractivity (Wildman–Crippen MR) is 74.4 cm³/mol. The summed E-state index contributed by atoms with van der Waals surface area (Å²) in [7, 11) is 0. The average Bonchev–Trinajstić information content (AvgIpc) is 2.67. The molecule has 1 atom stereocenters. The fraction of sp³-hybridized carbons (Fsp3) is 1.00. The molecule has 0 bridgehead atoms. The SMILES string of the molecule is CCCCC(C)N1CCCNC2(CCCC2)C1. The second kappa shape index (κ2) is 6.19. The maximum absolute atomic E-state index is 3.86. The zero-order valence-electron chi connectivity index (χ0n) is 11.8. The molecule has 2 rings (SSSR count). The Morgan fingerprint density at radius 3 is 2.71 bits per heavy atom. The Labute approximate surface area is 107 Å². The van der Waals surface area contributed by atoms with Crippen LogP contribution in [0.2, 0.25) is 0 Å². The van der Waals surface area contributed by atoms with Gasteiger partial charge in [-0.25, -0.2) is 0 Å². The van der Waals surface area contributed by atoms with Crippen LogP contribution in [-0.2, 0) is 0 Å². The van der Waals surface area contributed by atoms with Gasteiger partial charge in [-0.15, -0.1) is 0 Å². The summed E-state index contributed by atoms with van der Waals surface area (Å²) in [6.45, 7) is 8.58. The van der Waals surface area contributed by atoms with Crippen molar-refractivity contribution in [2.24, 2.45) is 0 Å². The van der Waals surface area contributed by atoms with E-state index in [-0.39, 0.29) is 0 Å². The molecule has 0 amide bonds. The third-order valence-electron chi connectivity index (χ3n) is 4.79. The molecule has 2 fully saturated rings. The first-order chi connectivity index (χ1) is 8.26. The molecule has 100 valence electrons. The van der Waals surface area contributed by atoms with Gasteiger partial charge in [0.1, 0.15) is 0 Å². The first-order valence-corrected chi connectivity index (χ1v) is 7.75. The fourth-order valence-corrected chi connectivity index (χ4v) is 3.60. The molecule has 0 radical (unpaired) electrons. The van der Waals surface area contributed by atoms with Gasteiger partial charge in [0.05, 0.1) is 0 Å². The van der Waals surface area contributed by atoms with E-state index in [4.69, 9.17) is 0 Å². The van der Waals surface area contributed by atoms with Gasteiger partial charge in [0.2, 0.25) is 0 Å². The van der Waals surface area contributed by atoms with Crippen LogP contribution in [0.25, 0.3) is 0 Å². The van der Waals surface area contributed by atoms with Crippen molar-refractivity contribution in [2.45, 2.75) is 76.8 Å². The molecule has 0 aromatic heterocycles. The molecule has 1 aliphatic carbocycles. The van der Waals surface area contributed by atoms with Crippen molar-refractivity contribution in [2.75, 3.05) is 19.6 Å². The van der Waals surface area contributed by atoms with Crippen LogP contribution in [0, 0.1) is 0 Å². The fourth-order valence-electron chi connectivity index (χ4n) is 3.60. The van der Waals surface area contributed by atoms with E-state index in [1.807, 2.05) is 0 Å². The summed E-state index contributed by atoms with van der Waals surface area (Å²) in [5.41, 5.74) is 0.483. The number of nitrogens with zero attached hydrogens (tertiary/aromatic N) is 1. The minimum atomic E-state index is 0.483. The van der Waals surface area contributed by atoms with Crippen molar-refractivity contribution < 1.29 is 0 Å². The third-order valence-corrected chi connectivity index (χ3v) is 4.79. The van der Waals surface area contributed by atoms with Crippen LogP contribution in [0.5, 0.6) is 0 Å². The molecule has 2 heteroatoms. The second-order valence-corrected chi connectivity index (χ2v) is 6.23. The number of unbranched alkanes of at least 4 members (excludes halogenated alkanes) is 1. The summed E-state index contributed by atoms with van der Waals surface area (Å²) in [5, 5.41) is 3.86. The lowest BCUT2D eigenvalue weighted by Crippen LogP contribution is -2.51. The molecule has 17 heavy (non-hydrogen) atoms. The van der Waals surface area contributed by atoms with E-state index in [0.29, 0.717) is 5.54 Å². The van der Waals surface area contributed by atoms with E-state index >= 15 is 0 Å². The monoisotopic (exact) mass is 238 g/mol. The summed E-state index contributed by atoms with van der Waals surface area (Å²) in [6.07, 6.45) is 11.1. The Kier molecular flexibility index (Phi) is 4.87. The summed E-state index contributed by atoms with van der Waals surface area (Å²) >= 11 is 0. The van der Waals surface area contributed by atoms with Crippen molar-refractivity contribution >= 4 is 0 Å². The highest BCUT2D eigenvalue weighted by Gasteiger charge is 2.37. The van der Waals surface area contributed by atoms with Gasteiger partial charge in [-0.05, 0) is 45.7 Å². The van der Waals surface area contributed by atoms with Crippen molar-refractivity contribution in [3.8, 4) is 0 Å². The quantitative estimate of drug-likeness (QED) is 0.809. The first kappa shape index (κ1) is 13.4. The molecule has 0 aromatic rings. The van der Waals surface area contributed by atoms with Gasteiger partial charge >= 0.3 is 0 Å². The molecule has 1 N–H and O–H groups in total. The highest BCUT2D eigenvalue weighted by atomic mass is 15.2. The molecule has 1 aliphatic heterocycles. The molecule has 0 aromatic carbocycles. The predicted octanol–water partition coefficient (Wildman–Crippen LogP) is 3.17. The van der Waals surface area contributed by atoms with Crippen molar-refractivity contribution in [3.63, 3.8) is 0 Å². The Morgan fingerprint density at radius 2 is 2.00 bits per heavy atom. The molecule has 1 spiro atoms. The minimum Gasteiger partial charge on any atom is -0.310 e. The normalized spacial score (nSPS) is 27.2. The second-order valence-electron chi connectivity index (χ2n) is 6.23. The Bertz CT molecular complexity index is 221. The first-order valence-electron chi connectivity index (χ1n) is 7.75. The van der Waals surface area contributed by atoms with E-state index in [2.05, 4.69) is 24.1 Å². The number of hydrogen-bond acceptors (Lipinski definition) is 2. The molecule has 1 heterocycles. The average molecular weight is 238 g/mol. The Morgan fingerprint density at radius 1 is 1.24 bits per heavy atom. The molecular formula is C15H30N2. The van der Waals surface area contributed by atoms with E-state index in [1.165, 1.54) is 71.0 Å². The maximum Gasteiger partial charge on any atom is 0.0308 e. The molecule has 2 aliphatic rings. The zero-order valence-corrected chi connectivity index (χ0v) is 11.8. The molecule has 1 unspecified atom stereocenters. The lowest BCUT2D eigenvalue weighted by Gasteiger charge is -2.36. The summed E-state index contributed by atoms with van der Waals surface area (Å²) in [4.78, 5) is 2.76. The summed E-state index contributed by atoms with van der Waals surface area (Å²) in [5.74, 6) is 0. The standard InChI is InChI=1S/C15H30N2/c1-3-4-8-14(2)17-12-7-11-16-15(13-17)9-5-6-10-15/h14,16H,3-13H2,1-2H3. The number of nitrogens with one attached hydrogen (secondary N) is 1. The smallest absolute Gasteiger partial charge is 0.0308 e. The number of hydrogen-bond donors (Lipinski definition) is 1. The highest BCUT2D eigenvalue weighted by Crippen LogP contribution is 2.32. The third kappa shape index (κ3) is 3.45. The van der Waals surface area contributed by atoms with Crippen LogP contribution in [0.4, 0.5) is 0 Å². The lowest BCUT2D eigenvalue weighted by atomic mass is 9.96. The van der Waals surface area contributed by atoms with Crippen molar-refractivity contribution in [1.82, 2.24) is 10.2 Å². The number of rotatable bonds is 4. The largest absolute Gasteiger partial charge is 0.310 e. The maximum atomic E-state index is 3.86. The van der Waals surface area contributed by atoms with E-state index < -0.39 is 0 Å². The summed E-state index contributed by atoms with van der Waals surface area (Å²) < 4.78 is 0.